The van der Waals surface area contributed by atoms with Gasteiger partial charge in [0.15, 0.2) is 12.2 Å². The second kappa shape index (κ2) is 62.6. The molecule has 546 valence electrons. The van der Waals surface area contributed by atoms with E-state index in [0.717, 1.165) is 120 Å². The van der Waals surface area contributed by atoms with E-state index in [1.807, 2.05) is 0 Å². The number of carbonyl (C=O) groups is 4. The predicted molar refractivity (Wildman–Crippen MR) is 372 cm³/mol. The molecular weight excluding hydrogens is 1210 g/mol. The molecular formula is C73H142O17P2. The van der Waals surface area contributed by atoms with Crippen molar-refractivity contribution in [3.63, 3.8) is 0 Å². The van der Waals surface area contributed by atoms with Gasteiger partial charge in [0.25, 0.3) is 0 Å². The molecule has 17 nitrogen and oxygen atoms in total. The van der Waals surface area contributed by atoms with Crippen molar-refractivity contribution >= 4 is 39.5 Å². The molecule has 0 heterocycles. The average Bonchev–Trinajstić information content (AvgIpc) is 2.29. The van der Waals surface area contributed by atoms with Crippen LogP contribution in [0.5, 0.6) is 0 Å². The van der Waals surface area contributed by atoms with E-state index in [9.17, 15) is 43.2 Å². The zero-order chi connectivity index (χ0) is 68.2. The first-order chi connectivity index (χ1) is 44.1. The van der Waals surface area contributed by atoms with Crippen LogP contribution < -0.4 is 0 Å². The number of rotatable bonds is 70. The summed E-state index contributed by atoms with van der Waals surface area (Å²) in [6.45, 7) is 14.1. The van der Waals surface area contributed by atoms with Crippen molar-refractivity contribution in [3.05, 3.63) is 0 Å². The molecule has 6 atom stereocenters. The summed E-state index contributed by atoms with van der Waals surface area (Å²) in [6.07, 6.45) is 46.2. The molecule has 3 N–H and O–H groups in total. The number of aliphatic hydroxyl groups excluding tert-OH is 1. The fourth-order valence-electron chi connectivity index (χ4n) is 11.0. The minimum absolute atomic E-state index is 0.104. The summed E-state index contributed by atoms with van der Waals surface area (Å²) < 4.78 is 68.3. The molecule has 0 saturated carbocycles. The van der Waals surface area contributed by atoms with Gasteiger partial charge in [0, 0.05) is 25.7 Å². The Labute approximate surface area is 562 Å². The Hall–Kier alpha value is -1.94. The molecule has 0 aromatic carbocycles. The fourth-order valence-corrected chi connectivity index (χ4v) is 12.6. The van der Waals surface area contributed by atoms with Crippen LogP contribution in [-0.4, -0.2) is 96.7 Å². The third-order valence-electron chi connectivity index (χ3n) is 17.2. The van der Waals surface area contributed by atoms with Gasteiger partial charge in [-0.2, -0.15) is 0 Å². The first-order valence-electron chi connectivity index (χ1n) is 37.7. The molecule has 0 fully saturated rings. The number of aliphatic hydroxyl groups is 1. The minimum Gasteiger partial charge on any atom is -0.462 e. The van der Waals surface area contributed by atoms with Crippen LogP contribution in [0.25, 0.3) is 0 Å². The van der Waals surface area contributed by atoms with Crippen molar-refractivity contribution in [3.8, 4) is 0 Å². The maximum atomic E-state index is 13.0. The van der Waals surface area contributed by atoms with Crippen LogP contribution in [0.2, 0.25) is 0 Å². The third-order valence-corrected chi connectivity index (χ3v) is 19.1. The Bertz CT molecular complexity index is 1820. The Morgan fingerprint density at radius 2 is 0.522 bits per heavy atom. The van der Waals surface area contributed by atoms with E-state index in [1.54, 1.807) is 0 Å². The van der Waals surface area contributed by atoms with Crippen LogP contribution in [0.4, 0.5) is 0 Å². The predicted octanol–water partition coefficient (Wildman–Crippen LogP) is 20.9. The molecule has 0 amide bonds. The highest BCUT2D eigenvalue weighted by atomic mass is 31.2. The van der Waals surface area contributed by atoms with Crippen LogP contribution in [0, 0.1) is 23.7 Å². The maximum Gasteiger partial charge on any atom is 0.472 e. The van der Waals surface area contributed by atoms with Crippen molar-refractivity contribution in [2.75, 3.05) is 39.6 Å². The van der Waals surface area contributed by atoms with Gasteiger partial charge in [-0.25, -0.2) is 9.13 Å². The molecule has 0 saturated heterocycles. The molecule has 0 rings (SSSR count). The summed E-state index contributed by atoms with van der Waals surface area (Å²) in [5.74, 6) is 0.837. The Morgan fingerprint density at radius 1 is 0.304 bits per heavy atom. The van der Waals surface area contributed by atoms with Gasteiger partial charge in [0.05, 0.1) is 26.4 Å². The van der Waals surface area contributed by atoms with Crippen molar-refractivity contribution in [2.24, 2.45) is 23.7 Å². The van der Waals surface area contributed by atoms with Crippen molar-refractivity contribution in [1.82, 2.24) is 0 Å². The van der Waals surface area contributed by atoms with Gasteiger partial charge in [0.2, 0.25) is 0 Å². The highest BCUT2D eigenvalue weighted by molar-refractivity contribution is 7.47. The standard InChI is InChI=1S/C73H142O17P2/c1-9-66(8)52-44-36-30-32-38-46-54-71(76)84-60-69(89-72(77)55-47-39-27-23-19-17-15-13-11-10-12-14-16-18-21-25-33-41-49-63(2)3)62-88-92(81,82)86-58-67(74)57-85-91(79,80)87-61-68(59-83-70(75)53-45-37-31-29-35-43-51-65(6)7)90-73(78)56-48-40-28-24-20-22-26-34-42-50-64(4)5/h63-69,74H,9-62H2,1-8H3,(H,79,80)(H,81,82)/t66?,67-,68+,69+/m0/s1. The molecule has 19 heteroatoms. The fraction of sp³-hybridized carbons (Fsp3) is 0.945. The molecule has 3 unspecified atom stereocenters. The lowest BCUT2D eigenvalue weighted by atomic mass is 10.00. The van der Waals surface area contributed by atoms with Crippen LogP contribution in [0.1, 0.15) is 364 Å². The average molecular weight is 1350 g/mol. The topological polar surface area (TPSA) is 237 Å². The van der Waals surface area contributed by atoms with Crippen molar-refractivity contribution in [1.29, 1.82) is 0 Å². The Balaban J connectivity index is 5.17. The van der Waals surface area contributed by atoms with E-state index in [0.29, 0.717) is 31.6 Å². The summed E-state index contributed by atoms with van der Waals surface area (Å²) in [5.41, 5.74) is 0. The third kappa shape index (κ3) is 65.4. The first kappa shape index (κ1) is 90.1. The number of carbonyl (C=O) groups excluding carboxylic acids is 4. The highest BCUT2D eigenvalue weighted by Gasteiger charge is 2.30. The molecule has 0 aliphatic rings. The number of esters is 4. The molecule has 92 heavy (non-hydrogen) atoms. The van der Waals surface area contributed by atoms with E-state index in [2.05, 4.69) is 55.4 Å². The van der Waals surface area contributed by atoms with Crippen molar-refractivity contribution in [2.45, 2.75) is 382 Å². The lowest BCUT2D eigenvalue weighted by Crippen LogP contribution is -2.30. The Kier molecular flexibility index (Phi) is 61.3. The van der Waals surface area contributed by atoms with Gasteiger partial charge in [-0.3, -0.25) is 37.3 Å². The molecule has 0 aliphatic heterocycles. The molecule has 0 radical (unpaired) electrons. The second-order valence-corrected chi connectivity index (χ2v) is 30.9. The summed E-state index contributed by atoms with van der Waals surface area (Å²) in [6, 6.07) is 0. The first-order valence-corrected chi connectivity index (χ1v) is 40.7. The quantitative estimate of drug-likeness (QED) is 0.0222. The highest BCUT2D eigenvalue weighted by Crippen LogP contribution is 2.45. The summed E-state index contributed by atoms with van der Waals surface area (Å²) >= 11 is 0. The van der Waals surface area contributed by atoms with E-state index in [1.165, 1.54) is 154 Å². The Morgan fingerprint density at radius 3 is 0.772 bits per heavy atom. The maximum absolute atomic E-state index is 13.0. The number of phosphoric ester groups is 2. The van der Waals surface area contributed by atoms with E-state index < -0.39 is 97.5 Å². The van der Waals surface area contributed by atoms with Gasteiger partial charge in [0.1, 0.15) is 19.3 Å². The van der Waals surface area contributed by atoms with Crippen LogP contribution in [0.15, 0.2) is 0 Å². The molecule has 0 aliphatic carbocycles. The molecule has 0 aromatic rings. The summed E-state index contributed by atoms with van der Waals surface area (Å²) in [5, 5.41) is 10.6. The van der Waals surface area contributed by atoms with Crippen LogP contribution in [0.3, 0.4) is 0 Å². The van der Waals surface area contributed by atoms with E-state index in [-0.39, 0.29) is 25.7 Å². The second-order valence-electron chi connectivity index (χ2n) is 28.0. The van der Waals surface area contributed by atoms with E-state index in [4.69, 9.17) is 37.0 Å². The molecule has 0 spiro atoms. The molecule has 0 bridgehead atoms. The van der Waals surface area contributed by atoms with Gasteiger partial charge in [-0.05, 0) is 49.4 Å². The van der Waals surface area contributed by atoms with Crippen LogP contribution >= 0.6 is 15.6 Å². The lowest BCUT2D eigenvalue weighted by molar-refractivity contribution is -0.161. The van der Waals surface area contributed by atoms with Gasteiger partial charge < -0.3 is 33.8 Å². The van der Waals surface area contributed by atoms with Gasteiger partial charge >= 0.3 is 39.5 Å². The lowest BCUT2D eigenvalue weighted by Gasteiger charge is -2.21. The minimum atomic E-state index is -4.95. The molecule has 0 aromatic heterocycles. The SMILES string of the molecule is CCC(C)CCCCCCCCC(=O)OC[C@H](COP(=O)(O)OC[C@@H](O)COP(=O)(O)OC[C@@H](COC(=O)CCCCCCCCC(C)C)OC(=O)CCCCCCCCCCCC(C)C)OC(=O)CCCCCCCCCCCCCCCCCCCCC(C)C. The number of phosphoric acid groups is 2. The number of hydrogen-bond acceptors (Lipinski definition) is 15. The number of ether oxygens (including phenoxy) is 4. The van der Waals surface area contributed by atoms with Gasteiger partial charge in [-0.15, -0.1) is 0 Å². The smallest absolute Gasteiger partial charge is 0.462 e. The summed E-state index contributed by atoms with van der Waals surface area (Å²) in [7, 11) is -9.90. The normalized spacial score (nSPS) is 14.5. The monoisotopic (exact) mass is 1350 g/mol. The largest absolute Gasteiger partial charge is 0.472 e. The van der Waals surface area contributed by atoms with E-state index >= 15 is 0 Å². The van der Waals surface area contributed by atoms with Gasteiger partial charge in [-0.1, -0.05) is 312 Å². The summed E-state index contributed by atoms with van der Waals surface area (Å²) in [4.78, 5) is 72.6. The number of unbranched alkanes of at least 4 members (excludes halogenated alkanes) is 35. The van der Waals surface area contributed by atoms with Crippen molar-refractivity contribution < 1.29 is 80.2 Å². The zero-order valence-corrected chi connectivity index (χ0v) is 62.0. The van der Waals surface area contributed by atoms with Crippen LogP contribution in [-0.2, 0) is 65.4 Å². The number of hydrogen-bond donors (Lipinski definition) is 3. The zero-order valence-electron chi connectivity index (χ0n) is 60.2.